The zero-order valence-electron chi connectivity index (χ0n) is 7.39. The molecule has 1 aromatic carbocycles. The molecule has 70 valence electrons. The van der Waals surface area contributed by atoms with Crippen LogP contribution in [-0.4, -0.2) is 6.54 Å². The molecule has 1 heterocycles. The SMILES string of the molecule is Nc1ccc([C@@H]2CCCN2)cc1Cl. The standard InChI is InChI=1S/C10H13ClN2/c11-8-6-7(3-4-9(8)12)10-2-1-5-13-10/h3-4,6,10,13H,1-2,5,12H2/t10-/m0/s1. The van der Waals surface area contributed by atoms with E-state index in [4.69, 9.17) is 17.3 Å². The fraction of sp³-hybridized carbons (Fsp3) is 0.400. The zero-order chi connectivity index (χ0) is 9.26. The normalized spacial score (nSPS) is 22.1. The number of anilines is 1. The molecule has 2 nitrogen and oxygen atoms in total. The average molecular weight is 197 g/mol. The minimum absolute atomic E-state index is 0.470. The van der Waals surface area contributed by atoms with E-state index >= 15 is 0 Å². The molecule has 0 aromatic heterocycles. The van der Waals surface area contributed by atoms with Gasteiger partial charge in [-0.25, -0.2) is 0 Å². The fourth-order valence-electron chi connectivity index (χ4n) is 1.73. The van der Waals surface area contributed by atoms with Crippen LogP contribution in [0.15, 0.2) is 18.2 Å². The van der Waals surface area contributed by atoms with Crippen LogP contribution in [-0.2, 0) is 0 Å². The molecule has 3 heteroatoms. The van der Waals surface area contributed by atoms with Crippen molar-refractivity contribution in [3.63, 3.8) is 0 Å². The van der Waals surface area contributed by atoms with E-state index < -0.39 is 0 Å². The third kappa shape index (κ3) is 1.79. The second-order valence-corrected chi connectivity index (χ2v) is 3.84. The predicted octanol–water partition coefficient (Wildman–Crippen LogP) is 2.35. The molecule has 1 aliphatic heterocycles. The number of nitrogen functional groups attached to an aromatic ring is 1. The third-order valence-corrected chi connectivity index (χ3v) is 2.81. The van der Waals surface area contributed by atoms with Crippen LogP contribution in [0, 0.1) is 0 Å². The second kappa shape index (κ2) is 3.56. The molecule has 0 aliphatic carbocycles. The van der Waals surface area contributed by atoms with Gasteiger partial charge >= 0.3 is 0 Å². The van der Waals surface area contributed by atoms with Crippen molar-refractivity contribution in [3.05, 3.63) is 28.8 Å². The number of hydrogen-bond donors (Lipinski definition) is 2. The number of benzene rings is 1. The summed E-state index contributed by atoms with van der Waals surface area (Å²) < 4.78 is 0. The Hall–Kier alpha value is -0.730. The van der Waals surface area contributed by atoms with E-state index in [0.717, 1.165) is 6.54 Å². The van der Waals surface area contributed by atoms with Crippen molar-refractivity contribution in [3.8, 4) is 0 Å². The topological polar surface area (TPSA) is 38.0 Å². The predicted molar refractivity (Wildman–Crippen MR) is 55.8 cm³/mol. The first-order chi connectivity index (χ1) is 6.27. The molecule has 1 saturated heterocycles. The summed E-state index contributed by atoms with van der Waals surface area (Å²) in [5.74, 6) is 0. The van der Waals surface area contributed by atoms with Crippen molar-refractivity contribution in [1.82, 2.24) is 5.32 Å². The Bertz CT molecular complexity index is 306. The minimum atomic E-state index is 0.470. The van der Waals surface area contributed by atoms with Gasteiger partial charge in [0.05, 0.1) is 10.7 Å². The highest BCUT2D eigenvalue weighted by molar-refractivity contribution is 6.33. The molecule has 0 bridgehead atoms. The molecule has 0 amide bonds. The molecule has 13 heavy (non-hydrogen) atoms. The smallest absolute Gasteiger partial charge is 0.0638 e. The molecule has 1 aliphatic rings. The van der Waals surface area contributed by atoms with Crippen LogP contribution in [0.2, 0.25) is 5.02 Å². The summed E-state index contributed by atoms with van der Waals surface area (Å²) in [5.41, 5.74) is 7.54. The summed E-state index contributed by atoms with van der Waals surface area (Å²) in [6, 6.07) is 6.35. The van der Waals surface area contributed by atoms with Crippen molar-refractivity contribution in [2.24, 2.45) is 0 Å². The molecule has 1 aromatic rings. The van der Waals surface area contributed by atoms with Crippen molar-refractivity contribution < 1.29 is 0 Å². The highest BCUT2D eigenvalue weighted by Crippen LogP contribution is 2.27. The molecule has 0 spiro atoms. The Morgan fingerprint density at radius 2 is 2.31 bits per heavy atom. The quantitative estimate of drug-likeness (QED) is 0.677. The Morgan fingerprint density at radius 3 is 2.92 bits per heavy atom. The molecule has 1 fully saturated rings. The van der Waals surface area contributed by atoms with Gasteiger partial charge in [-0.3, -0.25) is 0 Å². The first kappa shape index (κ1) is 8.85. The molecular formula is C10H13ClN2. The van der Waals surface area contributed by atoms with Crippen LogP contribution in [0.5, 0.6) is 0 Å². The lowest BCUT2D eigenvalue weighted by atomic mass is 10.1. The van der Waals surface area contributed by atoms with Gasteiger partial charge in [0, 0.05) is 6.04 Å². The highest BCUT2D eigenvalue weighted by atomic mass is 35.5. The number of nitrogens with two attached hydrogens (primary N) is 1. The monoisotopic (exact) mass is 196 g/mol. The minimum Gasteiger partial charge on any atom is -0.398 e. The summed E-state index contributed by atoms with van der Waals surface area (Å²) in [6.07, 6.45) is 2.44. The first-order valence-electron chi connectivity index (χ1n) is 4.55. The summed E-state index contributed by atoms with van der Waals surface area (Å²) in [4.78, 5) is 0. The van der Waals surface area contributed by atoms with E-state index in [9.17, 15) is 0 Å². The van der Waals surface area contributed by atoms with Gasteiger partial charge in [0.15, 0.2) is 0 Å². The highest BCUT2D eigenvalue weighted by Gasteiger charge is 2.16. The molecule has 3 N–H and O–H groups in total. The average Bonchev–Trinajstić information content (AvgIpc) is 2.62. The Balaban J connectivity index is 2.25. The largest absolute Gasteiger partial charge is 0.398 e. The zero-order valence-corrected chi connectivity index (χ0v) is 8.14. The van der Waals surface area contributed by atoms with Crippen molar-refractivity contribution in [2.75, 3.05) is 12.3 Å². The number of rotatable bonds is 1. The van der Waals surface area contributed by atoms with E-state index in [1.807, 2.05) is 18.2 Å². The maximum atomic E-state index is 5.94. The first-order valence-corrected chi connectivity index (χ1v) is 4.93. The summed E-state index contributed by atoms with van der Waals surface area (Å²) >= 11 is 5.94. The van der Waals surface area contributed by atoms with Gasteiger partial charge in [0.2, 0.25) is 0 Å². The van der Waals surface area contributed by atoms with E-state index in [-0.39, 0.29) is 0 Å². The summed E-state index contributed by atoms with van der Waals surface area (Å²) in [5, 5.41) is 4.08. The second-order valence-electron chi connectivity index (χ2n) is 3.43. The van der Waals surface area contributed by atoms with Crippen LogP contribution < -0.4 is 11.1 Å². The van der Waals surface area contributed by atoms with Crippen LogP contribution >= 0.6 is 11.6 Å². The fourth-order valence-corrected chi connectivity index (χ4v) is 1.92. The number of hydrogen-bond acceptors (Lipinski definition) is 2. The Morgan fingerprint density at radius 1 is 1.46 bits per heavy atom. The maximum Gasteiger partial charge on any atom is 0.0638 e. The van der Waals surface area contributed by atoms with Gasteiger partial charge in [-0.05, 0) is 37.1 Å². The van der Waals surface area contributed by atoms with Gasteiger partial charge in [-0.2, -0.15) is 0 Å². The number of halogens is 1. The van der Waals surface area contributed by atoms with Gasteiger partial charge in [0.1, 0.15) is 0 Å². The molecule has 0 unspecified atom stereocenters. The van der Waals surface area contributed by atoms with E-state index in [2.05, 4.69) is 5.32 Å². The lowest BCUT2D eigenvalue weighted by Gasteiger charge is -2.11. The number of nitrogens with one attached hydrogen (secondary N) is 1. The van der Waals surface area contributed by atoms with E-state index in [1.54, 1.807) is 0 Å². The Kier molecular flexibility index (Phi) is 2.42. The molecule has 2 rings (SSSR count). The summed E-state index contributed by atoms with van der Waals surface area (Å²) in [7, 11) is 0. The van der Waals surface area contributed by atoms with Gasteiger partial charge in [-0.15, -0.1) is 0 Å². The van der Waals surface area contributed by atoms with Crippen LogP contribution in [0.4, 0.5) is 5.69 Å². The molecule has 0 saturated carbocycles. The van der Waals surface area contributed by atoms with Gasteiger partial charge in [0.25, 0.3) is 0 Å². The summed E-state index contributed by atoms with van der Waals surface area (Å²) in [6.45, 7) is 1.10. The lowest BCUT2D eigenvalue weighted by molar-refractivity contribution is 0.648. The van der Waals surface area contributed by atoms with Crippen molar-refractivity contribution in [1.29, 1.82) is 0 Å². The van der Waals surface area contributed by atoms with Crippen LogP contribution in [0.1, 0.15) is 24.4 Å². The van der Waals surface area contributed by atoms with Crippen LogP contribution in [0.25, 0.3) is 0 Å². The van der Waals surface area contributed by atoms with Crippen molar-refractivity contribution in [2.45, 2.75) is 18.9 Å². The van der Waals surface area contributed by atoms with Gasteiger partial charge in [-0.1, -0.05) is 17.7 Å². The lowest BCUT2D eigenvalue weighted by Crippen LogP contribution is -2.12. The van der Waals surface area contributed by atoms with Crippen molar-refractivity contribution >= 4 is 17.3 Å². The third-order valence-electron chi connectivity index (χ3n) is 2.49. The van der Waals surface area contributed by atoms with E-state index in [1.165, 1.54) is 18.4 Å². The van der Waals surface area contributed by atoms with Crippen LogP contribution in [0.3, 0.4) is 0 Å². The Labute approximate surface area is 83.1 Å². The van der Waals surface area contributed by atoms with Gasteiger partial charge < -0.3 is 11.1 Å². The molecule has 1 atom stereocenters. The van der Waals surface area contributed by atoms with E-state index in [0.29, 0.717) is 16.8 Å². The maximum absolute atomic E-state index is 5.94. The molecule has 0 radical (unpaired) electrons. The molecular weight excluding hydrogens is 184 g/mol.